The van der Waals surface area contributed by atoms with Crippen LogP contribution in [0.1, 0.15) is 5.56 Å². The van der Waals surface area contributed by atoms with Gasteiger partial charge in [-0.2, -0.15) is 4.52 Å². The molecule has 0 saturated carbocycles. The summed E-state index contributed by atoms with van der Waals surface area (Å²) in [6.45, 7) is 0.578. The molecule has 0 saturated heterocycles. The lowest BCUT2D eigenvalue weighted by Crippen LogP contribution is -2.06. The number of hydrogen-bond donors (Lipinski definition) is 2. The first kappa shape index (κ1) is 12.2. The van der Waals surface area contributed by atoms with Gasteiger partial charge >= 0.3 is 0 Å². The normalized spacial score (nSPS) is 10.7. The second-order valence-electron chi connectivity index (χ2n) is 4.17. The van der Waals surface area contributed by atoms with Crippen molar-refractivity contribution in [3.05, 3.63) is 36.2 Å². The fraction of sp³-hybridized carbons (Fsp3) is 0.167. The third kappa shape index (κ3) is 2.18. The summed E-state index contributed by atoms with van der Waals surface area (Å²) in [5.74, 6) is 1.37. The van der Waals surface area contributed by atoms with Gasteiger partial charge in [0.2, 0.25) is 0 Å². The molecule has 3 N–H and O–H groups in total. The van der Waals surface area contributed by atoms with Crippen molar-refractivity contribution >= 4 is 17.2 Å². The van der Waals surface area contributed by atoms with Crippen molar-refractivity contribution in [3.8, 4) is 5.75 Å². The molecule has 20 heavy (non-hydrogen) atoms. The highest BCUT2D eigenvalue weighted by molar-refractivity contribution is 5.55. The van der Waals surface area contributed by atoms with Gasteiger partial charge in [0.05, 0.1) is 25.2 Å². The van der Waals surface area contributed by atoms with Crippen LogP contribution >= 0.6 is 0 Å². The summed E-state index contributed by atoms with van der Waals surface area (Å²) in [5, 5.41) is 14.5. The first-order valence-electron chi connectivity index (χ1n) is 5.96. The Hall–Kier alpha value is -2.90. The molecular weight excluding hydrogens is 258 g/mol. The summed E-state index contributed by atoms with van der Waals surface area (Å²) in [6.07, 6.45) is 3.26. The minimum absolute atomic E-state index is 0.578. The molecule has 1 aromatic carbocycles. The molecule has 0 amide bonds. The van der Waals surface area contributed by atoms with Gasteiger partial charge in [-0.3, -0.25) is 4.98 Å². The van der Waals surface area contributed by atoms with Gasteiger partial charge in [0, 0.05) is 6.54 Å². The first-order chi connectivity index (χ1) is 9.78. The maximum absolute atomic E-state index is 5.87. The average Bonchev–Trinajstić information content (AvgIpc) is 2.94. The number of benzene rings is 1. The van der Waals surface area contributed by atoms with E-state index in [2.05, 4.69) is 25.8 Å². The maximum atomic E-state index is 5.87. The van der Waals surface area contributed by atoms with Crippen LogP contribution in [0.15, 0.2) is 30.6 Å². The second kappa shape index (κ2) is 5.00. The molecule has 0 aliphatic carbocycles. The van der Waals surface area contributed by atoms with E-state index in [-0.39, 0.29) is 0 Å². The highest BCUT2D eigenvalue weighted by atomic mass is 16.5. The first-order valence-corrected chi connectivity index (χ1v) is 5.96. The maximum Gasteiger partial charge on any atom is 0.199 e. The van der Waals surface area contributed by atoms with E-state index in [1.54, 1.807) is 24.0 Å². The molecule has 0 atom stereocenters. The fourth-order valence-corrected chi connectivity index (χ4v) is 1.88. The minimum atomic E-state index is 0.578. The molecule has 0 bridgehead atoms. The molecule has 0 unspecified atom stereocenters. The number of nitrogen functional groups attached to an aromatic ring is 1. The number of rotatable bonds is 4. The van der Waals surface area contributed by atoms with Crippen LogP contribution < -0.4 is 15.8 Å². The Morgan fingerprint density at radius 3 is 3.05 bits per heavy atom. The number of nitrogens with one attached hydrogen (secondary N) is 1. The Balaban J connectivity index is 1.79. The number of nitrogens with two attached hydrogens (primary N) is 1. The van der Waals surface area contributed by atoms with Gasteiger partial charge in [-0.15, -0.1) is 5.10 Å². The molecule has 0 aliphatic heterocycles. The van der Waals surface area contributed by atoms with E-state index in [0.29, 0.717) is 29.4 Å². The number of anilines is 2. The summed E-state index contributed by atoms with van der Waals surface area (Å²) >= 11 is 0. The molecule has 0 aliphatic rings. The van der Waals surface area contributed by atoms with Crippen LogP contribution in [0.25, 0.3) is 5.65 Å². The highest BCUT2D eigenvalue weighted by Gasteiger charge is 2.05. The smallest absolute Gasteiger partial charge is 0.199 e. The van der Waals surface area contributed by atoms with E-state index in [1.807, 2.05) is 18.2 Å². The number of tetrazole rings is 1. The van der Waals surface area contributed by atoms with Gasteiger partial charge in [0.15, 0.2) is 11.5 Å². The van der Waals surface area contributed by atoms with Crippen molar-refractivity contribution in [2.75, 3.05) is 18.2 Å². The van der Waals surface area contributed by atoms with Crippen molar-refractivity contribution in [3.63, 3.8) is 0 Å². The summed E-state index contributed by atoms with van der Waals surface area (Å²) in [7, 11) is 1.59. The Bertz CT molecular complexity index is 740. The summed E-state index contributed by atoms with van der Waals surface area (Å²) in [5.41, 5.74) is 8.08. The van der Waals surface area contributed by atoms with Crippen LogP contribution in [0.2, 0.25) is 0 Å². The predicted molar refractivity (Wildman–Crippen MR) is 73.3 cm³/mol. The second-order valence-corrected chi connectivity index (χ2v) is 4.17. The third-order valence-corrected chi connectivity index (χ3v) is 2.88. The standard InChI is InChI=1S/C12H13N7O/c1-20-10-3-2-8(4-9(10)13)5-15-11-6-14-7-12-16-17-18-19(11)12/h2-4,6-7,15H,5,13H2,1H3. The van der Waals surface area contributed by atoms with E-state index in [4.69, 9.17) is 10.5 Å². The minimum Gasteiger partial charge on any atom is -0.495 e. The largest absolute Gasteiger partial charge is 0.495 e. The van der Waals surface area contributed by atoms with Gasteiger partial charge in [0.1, 0.15) is 5.75 Å². The van der Waals surface area contributed by atoms with Crippen molar-refractivity contribution in [1.29, 1.82) is 0 Å². The molecular formula is C12H13N7O. The Labute approximate surface area is 114 Å². The van der Waals surface area contributed by atoms with Crippen molar-refractivity contribution in [2.45, 2.75) is 6.54 Å². The highest BCUT2D eigenvalue weighted by Crippen LogP contribution is 2.22. The quantitative estimate of drug-likeness (QED) is 0.674. The summed E-state index contributed by atoms with van der Waals surface area (Å²) < 4.78 is 6.71. The number of ether oxygens (including phenoxy) is 1. The molecule has 2 aromatic heterocycles. The van der Waals surface area contributed by atoms with Crippen LogP contribution in [0, 0.1) is 0 Å². The molecule has 0 spiro atoms. The van der Waals surface area contributed by atoms with Crippen LogP contribution in [0.3, 0.4) is 0 Å². The van der Waals surface area contributed by atoms with Crippen LogP contribution in [-0.4, -0.2) is 32.1 Å². The number of aromatic nitrogens is 5. The summed E-state index contributed by atoms with van der Waals surface area (Å²) in [4.78, 5) is 4.07. The van der Waals surface area contributed by atoms with E-state index in [0.717, 1.165) is 5.56 Å². The number of hydrogen-bond acceptors (Lipinski definition) is 7. The predicted octanol–water partition coefficient (Wildman–Crippen LogP) is 0.722. The average molecular weight is 271 g/mol. The lowest BCUT2D eigenvalue weighted by atomic mass is 10.2. The van der Waals surface area contributed by atoms with E-state index in [9.17, 15) is 0 Å². The van der Waals surface area contributed by atoms with E-state index in [1.165, 1.54) is 0 Å². The van der Waals surface area contributed by atoms with Gasteiger partial charge in [-0.1, -0.05) is 6.07 Å². The lowest BCUT2D eigenvalue weighted by Gasteiger charge is -2.09. The fourth-order valence-electron chi connectivity index (χ4n) is 1.88. The SMILES string of the molecule is COc1ccc(CNc2cncc3nnnn23)cc1N. The zero-order chi connectivity index (χ0) is 13.9. The van der Waals surface area contributed by atoms with Crippen LogP contribution in [-0.2, 0) is 6.54 Å². The number of fused-ring (bicyclic) bond motifs is 1. The molecule has 2 heterocycles. The molecule has 8 nitrogen and oxygen atoms in total. The van der Waals surface area contributed by atoms with E-state index >= 15 is 0 Å². The van der Waals surface area contributed by atoms with Gasteiger partial charge in [-0.25, -0.2) is 0 Å². The van der Waals surface area contributed by atoms with E-state index < -0.39 is 0 Å². The Kier molecular flexibility index (Phi) is 3.04. The number of nitrogens with zero attached hydrogens (tertiary/aromatic N) is 5. The molecule has 0 radical (unpaired) electrons. The van der Waals surface area contributed by atoms with Crippen molar-refractivity contribution in [1.82, 2.24) is 25.0 Å². The van der Waals surface area contributed by atoms with Crippen molar-refractivity contribution in [2.24, 2.45) is 0 Å². The zero-order valence-electron chi connectivity index (χ0n) is 10.8. The monoisotopic (exact) mass is 271 g/mol. The van der Waals surface area contributed by atoms with Gasteiger partial charge < -0.3 is 15.8 Å². The van der Waals surface area contributed by atoms with Gasteiger partial charge in [0.25, 0.3) is 0 Å². The topological polar surface area (TPSA) is 103 Å². The third-order valence-electron chi connectivity index (χ3n) is 2.88. The molecule has 3 rings (SSSR count). The lowest BCUT2D eigenvalue weighted by molar-refractivity contribution is 0.417. The van der Waals surface area contributed by atoms with Gasteiger partial charge in [-0.05, 0) is 28.1 Å². The number of methoxy groups -OCH3 is 1. The molecule has 8 heteroatoms. The zero-order valence-corrected chi connectivity index (χ0v) is 10.8. The van der Waals surface area contributed by atoms with Crippen molar-refractivity contribution < 1.29 is 4.74 Å². The Morgan fingerprint density at radius 1 is 1.35 bits per heavy atom. The Morgan fingerprint density at radius 2 is 2.25 bits per heavy atom. The molecule has 0 fully saturated rings. The van der Waals surface area contributed by atoms with Crippen LogP contribution in [0.5, 0.6) is 5.75 Å². The molecule has 3 aromatic rings. The van der Waals surface area contributed by atoms with Crippen LogP contribution in [0.4, 0.5) is 11.5 Å². The summed E-state index contributed by atoms with van der Waals surface area (Å²) in [6, 6.07) is 5.64. The molecule has 102 valence electrons.